The summed E-state index contributed by atoms with van der Waals surface area (Å²) in [5.41, 5.74) is 2.36. The number of para-hydroxylation sites is 1. The fraction of sp³-hybridized carbons (Fsp3) is 0.381. The van der Waals surface area contributed by atoms with Crippen molar-refractivity contribution in [2.75, 3.05) is 27.3 Å². The third-order valence-corrected chi connectivity index (χ3v) is 6.48. The molecule has 0 atom stereocenters. The van der Waals surface area contributed by atoms with Crippen LogP contribution in [0.2, 0.25) is 0 Å². The summed E-state index contributed by atoms with van der Waals surface area (Å²) < 4.78 is 12.2. The van der Waals surface area contributed by atoms with Gasteiger partial charge in [-0.05, 0) is 30.3 Å². The van der Waals surface area contributed by atoms with Gasteiger partial charge in [0.15, 0.2) is 0 Å². The predicted molar refractivity (Wildman–Crippen MR) is 106 cm³/mol. The van der Waals surface area contributed by atoms with Gasteiger partial charge in [-0.1, -0.05) is 12.1 Å². The van der Waals surface area contributed by atoms with Crippen LogP contribution >= 0.6 is 11.3 Å². The maximum Gasteiger partial charge on any atom is 0.127 e. The van der Waals surface area contributed by atoms with Gasteiger partial charge in [-0.3, -0.25) is 0 Å². The van der Waals surface area contributed by atoms with Crippen molar-refractivity contribution in [3.05, 3.63) is 53.0 Å². The molecule has 26 heavy (non-hydrogen) atoms. The highest BCUT2D eigenvalue weighted by atomic mass is 32.1. The van der Waals surface area contributed by atoms with Gasteiger partial charge in [0.05, 0.1) is 48.1 Å². The van der Waals surface area contributed by atoms with Crippen LogP contribution in [0.4, 0.5) is 0 Å². The molecule has 1 saturated heterocycles. The number of likely N-dealkylation sites (tertiary alicyclic amines) is 1. The molecule has 5 heteroatoms. The molecule has 0 bridgehead atoms. The van der Waals surface area contributed by atoms with Crippen molar-refractivity contribution in [1.29, 1.82) is 0 Å². The van der Waals surface area contributed by atoms with E-state index in [2.05, 4.69) is 30.3 Å². The van der Waals surface area contributed by atoms with Gasteiger partial charge < -0.3 is 14.4 Å². The van der Waals surface area contributed by atoms with E-state index in [0.29, 0.717) is 5.92 Å². The second-order valence-corrected chi connectivity index (χ2v) is 7.96. The van der Waals surface area contributed by atoms with E-state index in [9.17, 15) is 0 Å². The molecule has 0 amide bonds. The molecule has 2 heterocycles. The van der Waals surface area contributed by atoms with Crippen LogP contribution in [0.1, 0.15) is 29.3 Å². The summed E-state index contributed by atoms with van der Waals surface area (Å²) in [6.07, 6.45) is 2.39. The Kier molecular flexibility index (Phi) is 5.09. The minimum atomic E-state index is 0.600. The van der Waals surface area contributed by atoms with Crippen LogP contribution in [-0.4, -0.2) is 32.3 Å². The Balaban J connectivity index is 1.42. The van der Waals surface area contributed by atoms with Gasteiger partial charge >= 0.3 is 0 Å². The molecule has 0 aliphatic carbocycles. The highest BCUT2D eigenvalue weighted by Gasteiger charge is 2.26. The van der Waals surface area contributed by atoms with Crippen molar-refractivity contribution < 1.29 is 14.4 Å². The van der Waals surface area contributed by atoms with Crippen molar-refractivity contribution in [1.82, 2.24) is 4.98 Å². The lowest BCUT2D eigenvalue weighted by atomic mass is 9.97. The fourth-order valence-corrected chi connectivity index (χ4v) is 4.94. The zero-order valence-electron chi connectivity index (χ0n) is 15.3. The van der Waals surface area contributed by atoms with E-state index in [1.54, 1.807) is 19.1 Å². The SMILES string of the molecule is COc1ccc(OC)c(C[NH+]2CCC(c3nc4ccccc4s3)CC2)c1. The molecule has 2 aromatic carbocycles. The van der Waals surface area contributed by atoms with E-state index in [-0.39, 0.29) is 0 Å². The number of benzene rings is 2. The Morgan fingerprint density at radius 1 is 1.08 bits per heavy atom. The maximum absolute atomic E-state index is 5.53. The summed E-state index contributed by atoms with van der Waals surface area (Å²) in [5, 5.41) is 1.31. The van der Waals surface area contributed by atoms with Crippen LogP contribution in [0.15, 0.2) is 42.5 Å². The molecule has 0 radical (unpaired) electrons. The molecule has 1 aliphatic rings. The second-order valence-electron chi connectivity index (χ2n) is 6.90. The number of nitrogens with one attached hydrogen (secondary N) is 1. The number of hydrogen-bond donors (Lipinski definition) is 1. The normalized spacial score (nSPS) is 20.2. The third kappa shape index (κ3) is 3.55. The summed E-state index contributed by atoms with van der Waals surface area (Å²) in [7, 11) is 3.45. The number of piperidine rings is 1. The molecule has 0 saturated carbocycles. The molecule has 0 unspecified atom stereocenters. The van der Waals surface area contributed by atoms with Gasteiger partial charge in [-0.15, -0.1) is 11.3 Å². The number of ether oxygens (including phenoxy) is 2. The Hall–Kier alpha value is -2.11. The number of nitrogens with zero attached hydrogens (tertiary/aromatic N) is 1. The first-order chi connectivity index (χ1) is 12.8. The van der Waals surface area contributed by atoms with E-state index in [4.69, 9.17) is 14.5 Å². The molecule has 136 valence electrons. The van der Waals surface area contributed by atoms with E-state index in [1.807, 2.05) is 23.5 Å². The third-order valence-electron chi connectivity index (χ3n) is 5.28. The highest BCUT2D eigenvalue weighted by molar-refractivity contribution is 7.18. The molecule has 0 spiro atoms. The first kappa shape index (κ1) is 17.3. The standard InChI is InChI=1S/C21H24N2O2S/c1-24-17-7-8-19(25-2)16(13-17)14-23-11-9-15(10-12-23)21-22-18-5-3-4-6-20(18)26-21/h3-8,13,15H,9-12,14H2,1-2H3/p+1. The minimum Gasteiger partial charge on any atom is -0.497 e. The molecule has 4 rings (SSSR count). The average molecular weight is 370 g/mol. The molecule has 3 aromatic rings. The number of thiazole rings is 1. The fourth-order valence-electron chi connectivity index (χ4n) is 3.80. The summed E-state index contributed by atoms with van der Waals surface area (Å²) in [6, 6.07) is 14.5. The van der Waals surface area contributed by atoms with Crippen LogP contribution in [0.3, 0.4) is 0 Å². The molecule has 1 aromatic heterocycles. The van der Waals surface area contributed by atoms with Crippen LogP contribution < -0.4 is 14.4 Å². The van der Waals surface area contributed by atoms with Gasteiger partial charge in [0.2, 0.25) is 0 Å². The number of hydrogen-bond acceptors (Lipinski definition) is 4. The van der Waals surface area contributed by atoms with Gasteiger partial charge in [0, 0.05) is 18.8 Å². The molecule has 1 aliphatic heterocycles. The first-order valence-electron chi connectivity index (χ1n) is 9.16. The highest BCUT2D eigenvalue weighted by Crippen LogP contribution is 2.32. The van der Waals surface area contributed by atoms with Crippen molar-refractivity contribution in [2.45, 2.75) is 25.3 Å². The van der Waals surface area contributed by atoms with Crippen molar-refractivity contribution in [3.8, 4) is 11.5 Å². The number of fused-ring (bicyclic) bond motifs is 1. The maximum atomic E-state index is 5.53. The van der Waals surface area contributed by atoms with Gasteiger partial charge in [0.25, 0.3) is 0 Å². The van der Waals surface area contributed by atoms with Gasteiger partial charge in [0.1, 0.15) is 18.0 Å². The molecular formula is C21H25N2O2S+. The minimum absolute atomic E-state index is 0.600. The smallest absolute Gasteiger partial charge is 0.127 e. The topological polar surface area (TPSA) is 35.8 Å². The Bertz CT molecular complexity index is 852. The molecule has 1 fully saturated rings. The van der Waals surface area contributed by atoms with E-state index in [0.717, 1.165) is 23.6 Å². The number of aromatic nitrogens is 1. The zero-order valence-corrected chi connectivity index (χ0v) is 16.1. The van der Waals surface area contributed by atoms with Gasteiger partial charge in [-0.25, -0.2) is 4.98 Å². The summed E-state index contributed by atoms with van der Waals surface area (Å²) >= 11 is 1.86. The van der Waals surface area contributed by atoms with Crippen LogP contribution in [0.5, 0.6) is 11.5 Å². The Morgan fingerprint density at radius 2 is 1.88 bits per heavy atom. The summed E-state index contributed by atoms with van der Waals surface area (Å²) in [5.74, 6) is 2.44. The summed E-state index contributed by atoms with van der Waals surface area (Å²) in [4.78, 5) is 6.47. The van der Waals surface area contributed by atoms with Crippen molar-refractivity contribution in [3.63, 3.8) is 0 Å². The first-order valence-corrected chi connectivity index (χ1v) is 9.98. The largest absolute Gasteiger partial charge is 0.497 e. The van der Waals surface area contributed by atoms with E-state index < -0.39 is 0 Å². The number of rotatable bonds is 5. The quantitative estimate of drug-likeness (QED) is 0.750. The van der Waals surface area contributed by atoms with E-state index in [1.165, 1.54) is 41.2 Å². The van der Waals surface area contributed by atoms with Gasteiger partial charge in [-0.2, -0.15) is 0 Å². The van der Waals surface area contributed by atoms with E-state index >= 15 is 0 Å². The van der Waals surface area contributed by atoms with Crippen LogP contribution in [0.25, 0.3) is 10.2 Å². The van der Waals surface area contributed by atoms with Crippen LogP contribution in [0, 0.1) is 0 Å². The summed E-state index contributed by atoms with van der Waals surface area (Å²) in [6.45, 7) is 3.31. The lowest BCUT2D eigenvalue weighted by Gasteiger charge is -2.28. The Labute approximate surface area is 158 Å². The zero-order chi connectivity index (χ0) is 17.9. The average Bonchev–Trinajstić information content (AvgIpc) is 3.12. The lowest BCUT2D eigenvalue weighted by Crippen LogP contribution is -3.11. The van der Waals surface area contributed by atoms with Crippen molar-refractivity contribution in [2.24, 2.45) is 0 Å². The second kappa shape index (κ2) is 7.64. The predicted octanol–water partition coefficient (Wildman–Crippen LogP) is 3.28. The Morgan fingerprint density at radius 3 is 2.62 bits per heavy atom. The number of quaternary nitrogens is 1. The number of methoxy groups -OCH3 is 2. The monoisotopic (exact) mass is 369 g/mol. The molecular weight excluding hydrogens is 344 g/mol. The molecule has 4 nitrogen and oxygen atoms in total. The van der Waals surface area contributed by atoms with Crippen molar-refractivity contribution >= 4 is 21.6 Å². The lowest BCUT2D eigenvalue weighted by molar-refractivity contribution is -0.919. The molecule has 1 N–H and O–H groups in total. The van der Waals surface area contributed by atoms with Crippen LogP contribution in [-0.2, 0) is 6.54 Å².